The summed E-state index contributed by atoms with van der Waals surface area (Å²) in [6.45, 7) is 5.37. The fraction of sp³-hybridized carbons (Fsp3) is 0.486. The van der Waals surface area contributed by atoms with Crippen molar-refractivity contribution in [3.05, 3.63) is 84.7 Å². The molecule has 3 aromatic rings. The predicted octanol–water partition coefficient (Wildman–Crippen LogP) is 4.99. The number of anilines is 1. The van der Waals surface area contributed by atoms with Gasteiger partial charge in [0.15, 0.2) is 0 Å². The lowest BCUT2D eigenvalue weighted by molar-refractivity contribution is -0.0679. The maximum atomic E-state index is 13.2. The Kier molecular flexibility index (Phi) is 9.16. The summed E-state index contributed by atoms with van der Waals surface area (Å²) >= 11 is 0. The summed E-state index contributed by atoms with van der Waals surface area (Å²) in [6.07, 6.45) is 7.69. The number of sulfone groups is 1. The zero-order chi connectivity index (χ0) is 33.3. The molecule has 2 amide bonds. The zero-order valence-electron chi connectivity index (χ0n) is 27.5. The molecule has 1 aliphatic carbocycles. The van der Waals surface area contributed by atoms with E-state index in [1.807, 2.05) is 35.2 Å². The Morgan fingerprint density at radius 3 is 2.29 bits per heavy atom. The van der Waals surface area contributed by atoms with Gasteiger partial charge in [-0.3, -0.25) is 9.88 Å². The normalized spacial score (nSPS) is 24.2. The maximum absolute atomic E-state index is 13.2. The van der Waals surface area contributed by atoms with Crippen LogP contribution in [0.25, 0.3) is 0 Å². The number of hydrogen-bond donors (Lipinski definition) is 0. The molecule has 0 spiro atoms. The molecule has 7 rings (SSSR count). The predicted molar refractivity (Wildman–Crippen MR) is 182 cm³/mol. The standard InChI is InChI=1S/C37H44N6O4S/c1-40-26-47-27-43(36(40)44)35-9-5-8-34(35)37(25-38,29-6-3-2-4-7-29)30-16-20-41(21-17-30)22-28-23-42(24-28)31-10-12-32(13-11-31)48(45,46)33-14-18-39-19-15-33/h2-4,6-7,10-15,18-19,28,30,34-35H,5,8-9,16-17,20-24,26-27H2,1H3/t34-,35-,37?/m0/s1. The fourth-order valence-corrected chi connectivity index (χ4v) is 9.96. The van der Waals surface area contributed by atoms with Gasteiger partial charge in [-0.2, -0.15) is 5.26 Å². The van der Waals surface area contributed by atoms with E-state index in [1.54, 1.807) is 24.1 Å². The number of hydrogen-bond acceptors (Lipinski definition) is 8. The highest BCUT2D eigenvalue weighted by molar-refractivity contribution is 7.91. The van der Waals surface area contributed by atoms with Crippen molar-refractivity contribution >= 4 is 21.6 Å². The van der Waals surface area contributed by atoms with E-state index in [2.05, 4.69) is 33.0 Å². The van der Waals surface area contributed by atoms with Gasteiger partial charge in [0.2, 0.25) is 9.84 Å². The van der Waals surface area contributed by atoms with Crippen LogP contribution in [0.3, 0.4) is 0 Å². The largest absolute Gasteiger partial charge is 0.371 e. The van der Waals surface area contributed by atoms with Crippen molar-refractivity contribution in [1.29, 1.82) is 5.26 Å². The number of aromatic nitrogens is 1. The number of carbonyl (C=O) groups excluding carboxylic acids is 1. The summed E-state index contributed by atoms with van der Waals surface area (Å²) < 4.78 is 31.7. The average Bonchev–Trinajstić information content (AvgIpc) is 3.59. The summed E-state index contributed by atoms with van der Waals surface area (Å²) in [4.78, 5) is 26.1. The number of pyridine rings is 1. The molecule has 4 fully saturated rings. The molecule has 0 radical (unpaired) electrons. The van der Waals surface area contributed by atoms with Crippen LogP contribution in [0, 0.1) is 29.1 Å². The maximum Gasteiger partial charge on any atom is 0.323 e. The first-order valence-electron chi connectivity index (χ1n) is 17.1. The molecule has 1 aromatic heterocycles. The monoisotopic (exact) mass is 668 g/mol. The van der Waals surface area contributed by atoms with E-state index in [4.69, 9.17) is 4.74 Å². The molecule has 11 heteroatoms. The molecule has 48 heavy (non-hydrogen) atoms. The molecule has 3 saturated heterocycles. The van der Waals surface area contributed by atoms with E-state index < -0.39 is 15.3 Å². The van der Waals surface area contributed by atoms with Crippen LogP contribution >= 0.6 is 0 Å². The Morgan fingerprint density at radius 1 is 0.917 bits per heavy atom. The number of amides is 2. The second kappa shape index (κ2) is 13.5. The van der Waals surface area contributed by atoms with Crippen LogP contribution in [0.2, 0.25) is 0 Å². The first-order valence-corrected chi connectivity index (χ1v) is 18.6. The van der Waals surface area contributed by atoms with Crippen molar-refractivity contribution in [2.45, 2.75) is 53.4 Å². The minimum absolute atomic E-state index is 0.00616. The van der Waals surface area contributed by atoms with Crippen LogP contribution in [0.15, 0.2) is 88.9 Å². The SMILES string of the molecule is CN1COCN([C@H]2CCC[C@@H]2C(C#N)(c2ccccc2)C2CCN(CC3CN(c4ccc(S(=O)(=O)c5ccncc5)cc4)C3)CC2)C1=O. The first kappa shape index (κ1) is 32.6. The second-order valence-electron chi connectivity index (χ2n) is 13.9. The van der Waals surface area contributed by atoms with Crippen LogP contribution in [0.4, 0.5) is 10.5 Å². The summed E-state index contributed by atoms with van der Waals surface area (Å²) in [5.41, 5.74) is 1.45. The zero-order valence-corrected chi connectivity index (χ0v) is 28.3. The molecule has 4 heterocycles. The van der Waals surface area contributed by atoms with E-state index in [-0.39, 0.29) is 40.4 Å². The first-order chi connectivity index (χ1) is 23.3. The molecule has 0 N–H and O–H groups in total. The van der Waals surface area contributed by atoms with Gasteiger partial charge in [0.25, 0.3) is 0 Å². The molecule has 1 unspecified atom stereocenters. The highest BCUT2D eigenvalue weighted by Gasteiger charge is 2.54. The highest BCUT2D eigenvalue weighted by Crippen LogP contribution is 2.51. The van der Waals surface area contributed by atoms with Crippen LogP contribution in [0.5, 0.6) is 0 Å². The van der Waals surface area contributed by atoms with Gasteiger partial charge in [-0.15, -0.1) is 0 Å². The summed E-state index contributed by atoms with van der Waals surface area (Å²) in [6, 6.07) is 23.4. The Balaban J connectivity index is 0.990. The van der Waals surface area contributed by atoms with Gasteiger partial charge >= 0.3 is 6.03 Å². The molecule has 252 valence electrons. The number of piperidine rings is 1. The van der Waals surface area contributed by atoms with E-state index >= 15 is 0 Å². The van der Waals surface area contributed by atoms with Crippen LogP contribution in [0.1, 0.15) is 37.7 Å². The van der Waals surface area contributed by atoms with Crippen molar-refractivity contribution in [2.24, 2.45) is 17.8 Å². The van der Waals surface area contributed by atoms with Gasteiger partial charge in [-0.05, 0) is 86.7 Å². The fourth-order valence-electron chi connectivity index (χ4n) is 8.72. The van der Waals surface area contributed by atoms with Gasteiger partial charge in [0.1, 0.15) is 13.5 Å². The lowest BCUT2D eigenvalue weighted by atomic mass is 9.59. The number of ether oxygens (including phenoxy) is 1. The third-order valence-electron chi connectivity index (χ3n) is 11.2. The molecule has 3 aliphatic heterocycles. The average molecular weight is 669 g/mol. The number of carbonyl (C=O) groups is 1. The quantitative estimate of drug-likeness (QED) is 0.314. The van der Waals surface area contributed by atoms with Crippen molar-refractivity contribution in [3.8, 4) is 6.07 Å². The van der Waals surface area contributed by atoms with Gasteiger partial charge in [0.05, 0.1) is 21.3 Å². The Bertz CT molecular complexity index is 1720. The molecule has 2 aromatic carbocycles. The van der Waals surface area contributed by atoms with Gasteiger partial charge < -0.3 is 19.4 Å². The molecule has 0 bridgehead atoms. The number of nitriles is 1. The Hall–Kier alpha value is -3.98. The smallest absolute Gasteiger partial charge is 0.323 e. The molecule has 3 atom stereocenters. The van der Waals surface area contributed by atoms with Gasteiger partial charge in [-0.1, -0.05) is 36.8 Å². The van der Waals surface area contributed by atoms with Gasteiger partial charge in [-0.25, -0.2) is 13.2 Å². The van der Waals surface area contributed by atoms with Crippen molar-refractivity contribution < 1.29 is 17.9 Å². The van der Waals surface area contributed by atoms with E-state index in [9.17, 15) is 18.5 Å². The number of nitrogens with zero attached hydrogens (tertiary/aromatic N) is 6. The molecule has 1 saturated carbocycles. The summed E-state index contributed by atoms with van der Waals surface area (Å²) in [5, 5.41) is 11.1. The molecular weight excluding hydrogens is 625 g/mol. The van der Waals surface area contributed by atoms with Crippen molar-refractivity contribution in [2.75, 3.05) is 58.1 Å². The topological polar surface area (TPSA) is 110 Å². The third kappa shape index (κ3) is 5.95. The van der Waals surface area contributed by atoms with Crippen LogP contribution < -0.4 is 4.90 Å². The Labute approximate surface area is 283 Å². The lowest BCUT2D eigenvalue weighted by Crippen LogP contribution is -2.58. The number of likely N-dealkylation sites (tertiary alicyclic amines) is 1. The number of benzene rings is 2. The van der Waals surface area contributed by atoms with Crippen LogP contribution in [-0.4, -0.2) is 93.4 Å². The van der Waals surface area contributed by atoms with Crippen molar-refractivity contribution in [3.63, 3.8) is 0 Å². The summed E-state index contributed by atoms with van der Waals surface area (Å²) in [5.74, 6) is 0.787. The van der Waals surface area contributed by atoms with Crippen LogP contribution in [-0.2, 0) is 20.0 Å². The molecular formula is C37H44N6O4S. The van der Waals surface area contributed by atoms with E-state index in [0.29, 0.717) is 12.6 Å². The minimum atomic E-state index is -3.56. The lowest BCUT2D eigenvalue weighted by Gasteiger charge is -2.49. The van der Waals surface area contributed by atoms with Crippen molar-refractivity contribution in [1.82, 2.24) is 19.7 Å². The van der Waals surface area contributed by atoms with E-state index in [1.165, 1.54) is 24.5 Å². The molecule has 4 aliphatic rings. The minimum Gasteiger partial charge on any atom is -0.371 e. The Morgan fingerprint density at radius 2 is 1.60 bits per heavy atom. The van der Waals surface area contributed by atoms with E-state index in [0.717, 1.165) is 76.1 Å². The number of rotatable bonds is 9. The third-order valence-corrected chi connectivity index (χ3v) is 13.0. The second-order valence-corrected chi connectivity index (χ2v) is 15.8. The number of urea groups is 1. The summed E-state index contributed by atoms with van der Waals surface area (Å²) in [7, 11) is -1.79. The molecule has 10 nitrogen and oxygen atoms in total. The highest BCUT2D eigenvalue weighted by atomic mass is 32.2. The van der Waals surface area contributed by atoms with Gasteiger partial charge in [0, 0.05) is 62.6 Å².